The van der Waals surface area contributed by atoms with Gasteiger partial charge in [-0.25, -0.2) is 0 Å². The molecule has 3 rings (SSSR count). The fourth-order valence-corrected chi connectivity index (χ4v) is 4.82. The fourth-order valence-electron chi connectivity index (χ4n) is 2.89. The van der Waals surface area contributed by atoms with E-state index in [2.05, 4.69) is 4.40 Å². The van der Waals surface area contributed by atoms with Crippen LogP contribution in [0.25, 0.3) is 0 Å². The topological polar surface area (TPSA) is 101 Å². The highest BCUT2D eigenvalue weighted by Crippen LogP contribution is 2.30. The van der Waals surface area contributed by atoms with Crippen LogP contribution in [0.3, 0.4) is 0 Å². The first-order valence-corrected chi connectivity index (χ1v) is 10.7. The zero-order chi connectivity index (χ0) is 20.5. The van der Waals surface area contributed by atoms with Crippen molar-refractivity contribution in [3.63, 3.8) is 0 Å². The van der Waals surface area contributed by atoms with Gasteiger partial charge in [0.05, 0.1) is 21.3 Å². The Morgan fingerprint density at radius 3 is 2.43 bits per heavy atom. The molecule has 0 saturated heterocycles. The molecule has 0 saturated carbocycles. The molecule has 1 aliphatic rings. The van der Waals surface area contributed by atoms with Gasteiger partial charge in [0, 0.05) is 11.1 Å². The van der Waals surface area contributed by atoms with Gasteiger partial charge in [-0.15, -0.1) is 11.8 Å². The van der Waals surface area contributed by atoms with Crippen LogP contribution in [0.15, 0.2) is 62.7 Å². The van der Waals surface area contributed by atoms with Crippen molar-refractivity contribution in [1.29, 1.82) is 0 Å². The number of hydrogen-bond donors (Lipinski definition) is 1. The first-order chi connectivity index (χ1) is 13.2. The van der Waals surface area contributed by atoms with E-state index in [-0.39, 0.29) is 27.0 Å². The summed E-state index contributed by atoms with van der Waals surface area (Å²) in [5, 5.41) is 8.89. The molecule has 8 heteroatoms. The fraction of sp³-hybridized carbons (Fsp3) is 0.150. The van der Waals surface area contributed by atoms with Crippen LogP contribution in [-0.4, -0.2) is 36.7 Å². The quantitative estimate of drug-likeness (QED) is 0.803. The lowest BCUT2D eigenvalue weighted by Gasteiger charge is -2.17. The van der Waals surface area contributed by atoms with Crippen molar-refractivity contribution >= 4 is 39.2 Å². The Kier molecular flexibility index (Phi) is 5.53. The second-order valence-corrected chi connectivity index (χ2v) is 8.88. The third-order valence-electron chi connectivity index (χ3n) is 4.12. The molecule has 0 bridgehead atoms. The number of carbonyl (C=O) groups is 2. The summed E-state index contributed by atoms with van der Waals surface area (Å²) in [5.74, 6) is -1.72. The van der Waals surface area contributed by atoms with Crippen LogP contribution in [0.1, 0.15) is 27.0 Å². The van der Waals surface area contributed by atoms with Crippen LogP contribution in [0.2, 0.25) is 0 Å². The summed E-state index contributed by atoms with van der Waals surface area (Å²) < 4.78 is 29.8. The molecule has 1 N–H and O–H groups in total. The zero-order valence-corrected chi connectivity index (χ0v) is 16.8. The summed E-state index contributed by atoms with van der Waals surface area (Å²) in [5.41, 5.74) is 2.33. The number of nitrogens with zero attached hydrogens (tertiary/aromatic N) is 1. The van der Waals surface area contributed by atoms with E-state index in [4.69, 9.17) is 5.11 Å². The number of carboxylic acid groups (broad SMARTS) is 1. The minimum atomic E-state index is -4.02. The number of carbonyl (C=O) groups excluding carboxylic acids is 1. The third-order valence-corrected chi connectivity index (χ3v) is 6.57. The number of aliphatic carboxylic acids is 1. The molecule has 0 heterocycles. The predicted molar refractivity (Wildman–Crippen MR) is 109 cm³/mol. The number of hydrogen-bond acceptors (Lipinski definition) is 5. The van der Waals surface area contributed by atoms with Gasteiger partial charge in [-0.2, -0.15) is 12.8 Å². The van der Waals surface area contributed by atoms with Gasteiger partial charge in [0.25, 0.3) is 10.0 Å². The molecule has 0 aliphatic heterocycles. The van der Waals surface area contributed by atoms with Gasteiger partial charge < -0.3 is 5.11 Å². The number of thioether (sulfide) groups is 1. The van der Waals surface area contributed by atoms with Gasteiger partial charge in [0.2, 0.25) is 0 Å². The van der Waals surface area contributed by atoms with E-state index in [1.165, 1.54) is 12.1 Å². The van der Waals surface area contributed by atoms with Crippen LogP contribution in [0.5, 0.6) is 0 Å². The van der Waals surface area contributed by atoms with Gasteiger partial charge in [0.1, 0.15) is 0 Å². The highest BCUT2D eigenvalue weighted by molar-refractivity contribution is 8.04. The summed E-state index contributed by atoms with van der Waals surface area (Å²) >= 11 is 0.844. The van der Waals surface area contributed by atoms with Gasteiger partial charge in [0.15, 0.2) is 5.78 Å². The van der Waals surface area contributed by atoms with Gasteiger partial charge in [-0.3, -0.25) is 9.59 Å². The lowest BCUT2D eigenvalue weighted by molar-refractivity contribution is -0.133. The highest BCUT2D eigenvalue weighted by Gasteiger charge is 2.27. The Hall–Kier alpha value is -2.71. The highest BCUT2D eigenvalue weighted by atomic mass is 32.2. The molecule has 2 aromatic rings. The van der Waals surface area contributed by atoms with E-state index >= 15 is 0 Å². The normalized spacial score (nSPS) is 15.3. The van der Waals surface area contributed by atoms with E-state index in [0.29, 0.717) is 16.7 Å². The number of sulfonamides is 1. The number of Topliss-reactive ketones (excluding diaryl/α,β-unsaturated/α-hetero) is 1. The SMILES string of the molecule is Cc1ccc(S(=O)(=O)/N=C2/C=C(SCC(=O)O)C(=O)c3ccccc32)c(C)c1. The minimum Gasteiger partial charge on any atom is -0.481 e. The molecular formula is C20H17NO5S2. The molecule has 0 unspecified atom stereocenters. The number of fused-ring (bicyclic) bond motifs is 1. The van der Waals surface area contributed by atoms with Crippen LogP contribution < -0.4 is 0 Å². The maximum absolute atomic E-state index is 12.9. The second kappa shape index (κ2) is 7.73. The zero-order valence-electron chi connectivity index (χ0n) is 15.2. The van der Waals surface area contributed by atoms with Crippen molar-refractivity contribution in [2.24, 2.45) is 4.40 Å². The number of benzene rings is 2. The van der Waals surface area contributed by atoms with E-state index < -0.39 is 16.0 Å². The number of allylic oxidation sites excluding steroid dienone is 2. The largest absolute Gasteiger partial charge is 0.481 e. The molecule has 0 atom stereocenters. The predicted octanol–water partition coefficient (Wildman–Crippen LogP) is 3.38. The number of ketones is 1. The van der Waals surface area contributed by atoms with E-state index in [1.807, 2.05) is 6.92 Å². The first kappa shape index (κ1) is 20.0. The minimum absolute atomic E-state index is 0.0909. The Labute approximate surface area is 167 Å². The van der Waals surface area contributed by atoms with Crippen molar-refractivity contribution in [1.82, 2.24) is 0 Å². The molecule has 0 radical (unpaired) electrons. The molecule has 2 aromatic carbocycles. The Morgan fingerprint density at radius 1 is 1.11 bits per heavy atom. The average molecular weight is 415 g/mol. The van der Waals surface area contributed by atoms with Gasteiger partial charge >= 0.3 is 5.97 Å². The molecule has 0 aromatic heterocycles. The van der Waals surface area contributed by atoms with E-state index in [9.17, 15) is 18.0 Å². The van der Waals surface area contributed by atoms with Crippen LogP contribution in [0.4, 0.5) is 0 Å². The van der Waals surface area contributed by atoms with Crippen LogP contribution >= 0.6 is 11.8 Å². The van der Waals surface area contributed by atoms with Crippen molar-refractivity contribution in [2.75, 3.05) is 5.75 Å². The molecule has 0 amide bonds. The van der Waals surface area contributed by atoms with Crippen molar-refractivity contribution in [2.45, 2.75) is 18.7 Å². The smallest absolute Gasteiger partial charge is 0.313 e. The van der Waals surface area contributed by atoms with E-state index in [1.54, 1.807) is 43.3 Å². The van der Waals surface area contributed by atoms with Crippen LogP contribution in [-0.2, 0) is 14.8 Å². The molecule has 1 aliphatic carbocycles. The summed E-state index contributed by atoms with van der Waals surface area (Å²) in [6.45, 7) is 3.56. The summed E-state index contributed by atoms with van der Waals surface area (Å²) in [4.78, 5) is 23.7. The van der Waals surface area contributed by atoms with Gasteiger partial charge in [-0.1, -0.05) is 42.0 Å². The first-order valence-electron chi connectivity index (χ1n) is 8.31. The molecule has 6 nitrogen and oxygen atoms in total. The molecule has 0 fully saturated rings. The Bertz CT molecular complexity index is 1150. The summed E-state index contributed by atoms with van der Waals surface area (Å²) in [7, 11) is -4.02. The van der Waals surface area contributed by atoms with Crippen molar-refractivity contribution in [3.05, 3.63) is 75.7 Å². The standard InChI is InChI=1S/C20H17NO5S2/c1-12-7-8-18(13(2)9-12)28(25,26)21-16-10-17(27-11-19(22)23)20(24)15-6-4-3-5-14(15)16/h3-10H,11H2,1-2H3,(H,22,23)/b21-16-. The van der Waals surface area contributed by atoms with E-state index in [0.717, 1.165) is 17.3 Å². The molecule has 28 heavy (non-hydrogen) atoms. The average Bonchev–Trinajstić information content (AvgIpc) is 2.62. The maximum Gasteiger partial charge on any atom is 0.313 e. The maximum atomic E-state index is 12.9. The van der Waals surface area contributed by atoms with Gasteiger partial charge in [-0.05, 0) is 31.6 Å². The third kappa shape index (κ3) is 4.07. The summed E-state index contributed by atoms with van der Waals surface area (Å²) in [6.07, 6.45) is 1.35. The van der Waals surface area contributed by atoms with Crippen LogP contribution in [0, 0.1) is 13.8 Å². The molecular weight excluding hydrogens is 398 g/mol. The summed E-state index contributed by atoms with van der Waals surface area (Å²) in [6, 6.07) is 11.5. The molecule has 144 valence electrons. The Morgan fingerprint density at radius 2 is 1.79 bits per heavy atom. The number of carboxylic acids is 1. The number of rotatable bonds is 5. The second-order valence-electron chi connectivity index (χ2n) is 6.29. The lowest BCUT2D eigenvalue weighted by atomic mass is 9.94. The number of aryl methyl sites for hydroxylation is 2. The monoisotopic (exact) mass is 415 g/mol. The Balaban J connectivity index is 2.13. The lowest BCUT2D eigenvalue weighted by Crippen LogP contribution is -2.18. The van der Waals surface area contributed by atoms with Crippen molar-refractivity contribution in [3.8, 4) is 0 Å². The van der Waals surface area contributed by atoms with Crippen molar-refractivity contribution < 1.29 is 23.1 Å². The molecule has 0 spiro atoms.